The van der Waals surface area contributed by atoms with Crippen molar-refractivity contribution in [1.82, 2.24) is 0 Å². The van der Waals surface area contributed by atoms with Crippen molar-refractivity contribution in [1.29, 1.82) is 0 Å². The van der Waals surface area contributed by atoms with Gasteiger partial charge in [-0.3, -0.25) is 9.59 Å². The molecule has 2 unspecified atom stereocenters. The maximum Gasteiger partial charge on any atom is 0.373 e. The van der Waals surface area contributed by atoms with Crippen LogP contribution in [0.4, 0.5) is 0 Å². The fourth-order valence-corrected chi connectivity index (χ4v) is 22.9. The van der Waals surface area contributed by atoms with Gasteiger partial charge in [-0.1, -0.05) is 26.2 Å². The predicted molar refractivity (Wildman–Crippen MR) is 145 cm³/mol. The second-order valence-corrected chi connectivity index (χ2v) is 27.2. The topological polar surface area (TPSA) is 171 Å². The third kappa shape index (κ3) is 27.3. The van der Waals surface area contributed by atoms with Crippen LogP contribution in [0.2, 0.25) is 64.5 Å². The first-order valence-corrected chi connectivity index (χ1v) is 24.1. The zero-order valence-corrected chi connectivity index (χ0v) is 27.8. The molecule has 0 amide bonds. The number of carboxylic acids is 2. The molecule has 0 aromatic carbocycles. The minimum absolute atomic E-state index is 0.195. The molecule has 15 heteroatoms. The van der Waals surface area contributed by atoms with Gasteiger partial charge in [-0.2, -0.15) is 19.2 Å². The highest BCUT2D eigenvalue weighted by Gasteiger charge is 2.45. The number of aliphatic carboxylic acids is 2. The molecular weight excluding hydrogens is 553 g/mol. The summed E-state index contributed by atoms with van der Waals surface area (Å²) in [4.78, 5) is 54.4. The number of rotatable bonds is 17. The number of carbonyl (C=O) groups excluding carboxylic acids is 4. The van der Waals surface area contributed by atoms with Gasteiger partial charge in [0.15, 0.2) is 16.6 Å². The average Bonchev–Trinajstić information content (AvgIpc) is 2.65. The number of unbranched alkanes of at least 4 members (excludes halogenated alkanes) is 2. The zero-order chi connectivity index (χ0) is 29.9. The summed E-state index contributed by atoms with van der Waals surface area (Å²) in [6, 6.07) is 1.71. The molecule has 0 fully saturated rings. The van der Waals surface area contributed by atoms with E-state index in [1.807, 2.05) is 0 Å². The van der Waals surface area contributed by atoms with Crippen LogP contribution in [-0.4, -0.2) is 68.2 Å². The van der Waals surface area contributed by atoms with Crippen LogP contribution in [0.15, 0.2) is 0 Å². The molecule has 0 aliphatic carbocycles. The van der Waals surface area contributed by atoms with E-state index in [0.717, 1.165) is 31.4 Å². The lowest BCUT2D eigenvalue weighted by Crippen LogP contribution is -2.57. The number of hydrogen-bond acceptors (Lipinski definition) is 9. The second kappa shape index (κ2) is 19.5. The van der Waals surface area contributed by atoms with Crippen LogP contribution in [0, 0.1) is 5.92 Å². The molecule has 0 heterocycles. The average molecular weight is 599 g/mol. The van der Waals surface area contributed by atoms with Crippen molar-refractivity contribution in [3.05, 3.63) is 0 Å². The molecule has 0 bridgehead atoms. The van der Waals surface area contributed by atoms with Crippen molar-refractivity contribution in [2.24, 2.45) is 5.92 Å². The van der Waals surface area contributed by atoms with Crippen LogP contribution < -0.4 is 0 Å². The smallest absolute Gasteiger partial charge is 0.373 e. The number of carbonyl (C=O) groups is 2. The number of carboxylic acid groups (broad SMARTS) is 2. The Morgan fingerprint density at radius 1 is 0.730 bits per heavy atom. The first kappa shape index (κ1) is 40.0. The summed E-state index contributed by atoms with van der Waals surface area (Å²) in [5.74, 6) is -1.84. The van der Waals surface area contributed by atoms with Crippen LogP contribution in [0.1, 0.15) is 45.4 Å². The van der Waals surface area contributed by atoms with E-state index in [0.29, 0.717) is 12.8 Å². The monoisotopic (exact) mass is 598 g/mol. The van der Waals surface area contributed by atoms with Gasteiger partial charge in [0.25, 0.3) is 0 Å². The Hall–Kier alpha value is -1.55. The van der Waals surface area contributed by atoms with Crippen LogP contribution in [0.3, 0.4) is 0 Å². The van der Waals surface area contributed by atoms with Crippen molar-refractivity contribution in [3.8, 4) is 0 Å². The molecule has 0 rings (SSSR count). The largest absolute Gasteiger partial charge is 0.481 e. The molecule has 0 aliphatic heterocycles. The molecule has 2 N–H and O–H groups in total. The van der Waals surface area contributed by atoms with Gasteiger partial charge < -0.3 is 22.6 Å². The third-order valence-electron chi connectivity index (χ3n) is 4.86. The molecule has 2 atom stereocenters. The van der Waals surface area contributed by atoms with Crippen molar-refractivity contribution in [2.45, 2.75) is 110 Å². The summed E-state index contributed by atoms with van der Waals surface area (Å²) in [5, 5.41) is 18.0. The van der Waals surface area contributed by atoms with Crippen LogP contribution in [-0.2, 0) is 41.1 Å². The second-order valence-electron chi connectivity index (χ2n) is 11.0. The lowest BCUT2D eigenvalue weighted by molar-refractivity contribution is -0.193. The molecule has 0 saturated heterocycles. The summed E-state index contributed by atoms with van der Waals surface area (Å²) in [6.45, 7) is 18.9. The molecule has 0 aromatic rings. The Bertz CT molecular complexity index is 729. The van der Waals surface area contributed by atoms with Gasteiger partial charge in [-0.25, -0.2) is 0 Å². The van der Waals surface area contributed by atoms with Gasteiger partial charge in [-0.15, -0.1) is 0 Å². The highest BCUT2D eigenvalue weighted by atomic mass is 28.5. The van der Waals surface area contributed by atoms with Crippen LogP contribution in [0.5, 0.6) is 0 Å². The summed E-state index contributed by atoms with van der Waals surface area (Å²) in [6.07, 6.45) is 4.58. The summed E-state index contributed by atoms with van der Waals surface area (Å²) in [5.41, 5.74) is 0. The van der Waals surface area contributed by atoms with Crippen molar-refractivity contribution in [3.63, 3.8) is 0 Å². The molecular formula is C22H46O11Si4. The lowest BCUT2D eigenvalue weighted by Gasteiger charge is -2.42. The van der Waals surface area contributed by atoms with E-state index in [9.17, 15) is 9.59 Å². The SMILES string of the molecule is CC(CCC[Si](C)(C)O[Si](C)(CCCCCC(=O)O)O[Si](C)(C)O[Si](C)(C)C)C(=O)O.O=C=O.O=C=O. The minimum Gasteiger partial charge on any atom is -0.481 e. The van der Waals surface area contributed by atoms with Gasteiger partial charge in [0.1, 0.15) is 0 Å². The van der Waals surface area contributed by atoms with E-state index in [2.05, 4.69) is 52.4 Å². The third-order valence-corrected chi connectivity index (χ3v) is 19.7. The van der Waals surface area contributed by atoms with E-state index >= 15 is 0 Å². The Balaban J connectivity index is -0.00000174. The quantitative estimate of drug-likeness (QED) is 0.173. The van der Waals surface area contributed by atoms with Crippen molar-refractivity contribution < 1.29 is 51.3 Å². The van der Waals surface area contributed by atoms with Crippen LogP contribution in [0.25, 0.3) is 0 Å². The highest BCUT2D eigenvalue weighted by Crippen LogP contribution is 2.30. The minimum atomic E-state index is -2.54. The highest BCUT2D eigenvalue weighted by molar-refractivity contribution is 6.89. The maximum absolute atomic E-state index is 11.1. The predicted octanol–water partition coefficient (Wildman–Crippen LogP) is 4.83. The molecule has 216 valence electrons. The number of hydrogen-bond donors (Lipinski definition) is 2. The Kier molecular flexibility index (Phi) is 21.1. The van der Waals surface area contributed by atoms with Crippen molar-refractivity contribution in [2.75, 3.05) is 0 Å². The molecule has 0 radical (unpaired) electrons. The summed E-state index contributed by atoms with van der Waals surface area (Å²) >= 11 is 0. The zero-order valence-electron chi connectivity index (χ0n) is 23.8. The molecule has 37 heavy (non-hydrogen) atoms. The first-order valence-electron chi connectivity index (χ1n) is 12.2. The van der Waals surface area contributed by atoms with E-state index in [1.54, 1.807) is 6.92 Å². The van der Waals surface area contributed by atoms with Gasteiger partial charge in [0.05, 0.1) is 5.92 Å². The van der Waals surface area contributed by atoms with E-state index in [4.69, 9.17) is 41.7 Å². The molecule has 0 aromatic heterocycles. The molecule has 11 nitrogen and oxygen atoms in total. The van der Waals surface area contributed by atoms with Crippen LogP contribution >= 0.6 is 0 Å². The first-order chi connectivity index (χ1) is 16.7. The Morgan fingerprint density at radius 2 is 1.22 bits per heavy atom. The fourth-order valence-electron chi connectivity index (χ4n) is 3.89. The Labute approximate surface area is 225 Å². The lowest BCUT2D eigenvalue weighted by atomic mass is 10.1. The summed E-state index contributed by atoms with van der Waals surface area (Å²) in [7, 11) is -8.73. The molecule has 0 spiro atoms. The van der Waals surface area contributed by atoms with Gasteiger partial charge in [-0.05, 0) is 77.3 Å². The van der Waals surface area contributed by atoms with Gasteiger partial charge in [0.2, 0.25) is 0 Å². The normalized spacial score (nSPS) is 13.9. The van der Waals surface area contributed by atoms with E-state index in [-0.39, 0.29) is 24.6 Å². The van der Waals surface area contributed by atoms with E-state index < -0.39 is 45.7 Å². The van der Waals surface area contributed by atoms with Gasteiger partial charge in [0, 0.05) is 6.42 Å². The Morgan fingerprint density at radius 3 is 1.62 bits per heavy atom. The van der Waals surface area contributed by atoms with Gasteiger partial charge >= 0.3 is 41.4 Å². The molecule has 0 saturated carbocycles. The molecule has 0 aliphatic rings. The maximum atomic E-state index is 11.1. The van der Waals surface area contributed by atoms with Crippen molar-refractivity contribution >= 4 is 58.0 Å². The standard InChI is InChI=1S/C20H46O7Si4.2CO2/c1-18(20(23)24)14-13-16-29(5,6)26-31(9,17-12-10-11-15-19(21)22)27-30(7,8)25-28(2,3)4;2*2-1-3/h18H,10-17H2,1-9H3,(H,21,22)(H,23,24);;. The summed E-state index contributed by atoms with van der Waals surface area (Å²) < 4.78 is 19.9. The fraction of sp³-hybridized carbons (Fsp3) is 0.818. The van der Waals surface area contributed by atoms with E-state index in [1.165, 1.54) is 0 Å².